The van der Waals surface area contributed by atoms with E-state index in [0.717, 1.165) is 5.92 Å². The van der Waals surface area contributed by atoms with E-state index in [9.17, 15) is 0 Å². The number of rotatable bonds is 1. The van der Waals surface area contributed by atoms with E-state index in [1.165, 1.54) is 25.7 Å². The Bertz CT molecular complexity index is 233. The zero-order valence-electron chi connectivity index (χ0n) is 9.28. The highest BCUT2D eigenvalue weighted by Gasteiger charge is 2.76. The average Bonchev–Trinajstić information content (AvgIpc) is 2.51. The summed E-state index contributed by atoms with van der Waals surface area (Å²) in [6, 6.07) is 0. The van der Waals surface area contributed by atoms with Crippen LogP contribution in [0.15, 0.2) is 0 Å². The van der Waals surface area contributed by atoms with Gasteiger partial charge >= 0.3 is 0 Å². The third kappa shape index (κ3) is 1.08. The van der Waals surface area contributed by atoms with Crippen LogP contribution < -0.4 is 0 Å². The van der Waals surface area contributed by atoms with Crippen molar-refractivity contribution < 1.29 is 0 Å². The minimum atomic E-state index is -1.03. The summed E-state index contributed by atoms with van der Waals surface area (Å²) in [4.78, 5) is 0. The van der Waals surface area contributed by atoms with Gasteiger partial charge in [-0.3, -0.25) is 0 Å². The van der Waals surface area contributed by atoms with E-state index in [1.807, 2.05) is 0 Å². The quantitative estimate of drug-likeness (QED) is 0.490. The zero-order chi connectivity index (χ0) is 9.91. The summed E-state index contributed by atoms with van der Waals surface area (Å²) < 4.78 is 0.573. The summed E-state index contributed by atoms with van der Waals surface area (Å²) in [5, 5.41) is 0. The van der Waals surface area contributed by atoms with Gasteiger partial charge in [0.2, 0.25) is 0 Å². The van der Waals surface area contributed by atoms with Crippen LogP contribution in [0.1, 0.15) is 32.6 Å². The summed E-state index contributed by atoms with van der Waals surface area (Å²) >= 11 is 4.12. The molecule has 2 aliphatic carbocycles. The Kier molecular flexibility index (Phi) is 2.07. The summed E-state index contributed by atoms with van der Waals surface area (Å²) in [7, 11) is -1.03. The molecule has 0 bridgehead atoms. The van der Waals surface area contributed by atoms with E-state index in [2.05, 4.69) is 42.5 Å². The normalized spacial score (nSPS) is 50.1. The number of hydrogen-bond acceptors (Lipinski definition) is 0. The van der Waals surface area contributed by atoms with Crippen molar-refractivity contribution in [2.45, 2.75) is 56.2 Å². The molecule has 0 aromatic rings. The molecule has 2 heteroatoms. The van der Waals surface area contributed by atoms with E-state index in [1.54, 1.807) is 0 Å². The third-order valence-electron chi connectivity index (χ3n) is 4.53. The van der Waals surface area contributed by atoms with Crippen molar-refractivity contribution >= 4 is 24.0 Å². The van der Waals surface area contributed by atoms with Gasteiger partial charge in [-0.25, -0.2) is 0 Å². The molecule has 0 unspecified atom stereocenters. The van der Waals surface area contributed by atoms with E-state index >= 15 is 0 Å². The lowest BCUT2D eigenvalue weighted by Gasteiger charge is -2.28. The lowest BCUT2D eigenvalue weighted by Crippen LogP contribution is -2.40. The summed E-state index contributed by atoms with van der Waals surface area (Å²) in [6.07, 6.45) is 5.88. The molecule has 2 aliphatic rings. The fraction of sp³-hybridized carbons (Fsp3) is 1.00. The Morgan fingerprint density at radius 3 is 2.23 bits per heavy atom. The van der Waals surface area contributed by atoms with Crippen molar-refractivity contribution in [3.05, 3.63) is 0 Å². The van der Waals surface area contributed by atoms with Crippen LogP contribution in [0.3, 0.4) is 0 Å². The van der Waals surface area contributed by atoms with Gasteiger partial charge in [0.25, 0.3) is 0 Å². The molecule has 0 heterocycles. The maximum absolute atomic E-state index is 4.12. The molecule has 13 heavy (non-hydrogen) atoms. The van der Waals surface area contributed by atoms with Crippen LogP contribution >= 0.6 is 15.9 Å². The van der Waals surface area contributed by atoms with Gasteiger partial charge in [0.1, 0.15) is 0 Å². The first kappa shape index (κ1) is 10.2. The second-order valence-corrected chi connectivity index (χ2v) is 13.4. The molecule has 2 rings (SSSR count). The van der Waals surface area contributed by atoms with Crippen molar-refractivity contribution in [2.75, 3.05) is 0 Å². The zero-order valence-corrected chi connectivity index (χ0v) is 11.9. The number of alkyl halides is 1. The van der Waals surface area contributed by atoms with Crippen LogP contribution in [0.25, 0.3) is 0 Å². The van der Waals surface area contributed by atoms with Crippen LogP contribution in [-0.4, -0.2) is 12.0 Å². The first-order chi connectivity index (χ1) is 5.84. The maximum Gasteiger partial charge on any atom is 0.0645 e. The van der Waals surface area contributed by atoms with Gasteiger partial charge in [-0.2, -0.15) is 0 Å². The predicted molar refractivity (Wildman–Crippen MR) is 65.1 cm³/mol. The second-order valence-electron chi connectivity index (χ2n) is 6.18. The summed E-state index contributed by atoms with van der Waals surface area (Å²) in [5.74, 6) is 1.00. The van der Waals surface area contributed by atoms with Crippen molar-refractivity contribution in [1.29, 1.82) is 0 Å². The number of hydrogen-bond donors (Lipinski definition) is 0. The summed E-state index contributed by atoms with van der Waals surface area (Å²) in [6.45, 7) is 10.1. The standard InChI is InChI=1S/C11H21BrSi/c1-10-8-6-5-7-9(10)11(10,12)13(2,3)4/h9H,5-8H2,1-4H3/t9-,10+,11-/m1/s1. The fourth-order valence-corrected chi connectivity index (χ4v) is 8.36. The number of fused-ring (bicyclic) bond motifs is 1. The Hall–Kier alpha value is 0.697. The van der Waals surface area contributed by atoms with Gasteiger partial charge in [0, 0.05) is 3.95 Å². The lowest BCUT2D eigenvalue weighted by molar-refractivity contribution is 0.365. The molecule has 0 nitrogen and oxygen atoms in total. The molecule has 0 aromatic carbocycles. The van der Waals surface area contributed by atoms with Crippen molar-refractivity contribution in [1.82, 2.24) is 0 Å². The first-order valence-corrected chi connectivity index (χ1v) is 9.82. The van der Waals surface area contributed by atoms with Gasteiger partial charge < -0.3 is 0 Å². The molecule has 3 atom stereocenters. The van der Waals surface area contributed by atoms with Gasteiger partial charge in [-0.15, -0.1) is 0 Å². The van der Waals surface area contributed by atoms with Crippen molar-refractivity contribution in [2.24, 2.45) is 11.3 Å². The Balaban J connectivity index is 2.28. The Morgan fingerprint density at radius 2 is 1.85 bits per heavy atom. The fourth-order valence-electron chi connectivity index (χ4n) is 3.82. The first-order valence-electron chi connectivity index (χ1n) is 5.53. The van der Waals surface area contributed by atoms with E-state index in [0.29, 0.717) is 9.36 Å². The van der Waals surface area contributed by atoms with Gasteiger partial charge in [0.15, 0.2) is 0 Å². The molecule has 2 saturated carbocycles. The van der Waals surface area contributed by atoms with Crippen LogP contribution in [0.4, 0.5) is 0 Å². The number of halogens is 1. The lowest BCUT2D eigenvalue weighted by atomic mass is 9.90. The molecule has 76 valence electrons. The van der Waals surface area contributed by atoms with Crippen molar-refractivity contribution in [3.8, 4) is 0 Å². The molecule has 0 radical (unpaired) electrons. The highest BCUT2D eigenvalue weighted by atomic mass is 79.9. The monoisotopic (exact) mass is 260 g/mol. The SMILES string of the molecule is C[C@]12CCCC[C@H]1[C@@]2(Br)[Si](C)(C)C. The molecular weight excluding hydrogens is 240 g/mol. The van der Waals surface area contributed by atoms with Gasteiger partial charge in [0.05, 0.1) is 8.07 Å². The van der Waals surface area contributed by atoms with Crippen molar-refractivity contribution in [3.63, 3.8) is 0 Å². The van der Waals surface area contributed by atoms with Gasteiger partial charge in [-0.05, 0) is 24.2 Å². The maximum atomic E-state index is 4.12. The van der Waals surface area contributed by atoms with E-state index in [4.69, 9.17) is 0 Å². The van der Waals surface area contributed by atoms with E-state index < -0.39 is 8.07 Å². The van der Waals surface area contributed by atoms with Crippen LogP contribution in [-0.2, 0) is 0 Å². The molecular formula is C11H21BrSi. The van der Waals surface area contributed by atoms with Crippen LogP contribution in [0.2, 0.25) is 19.6 Å². The minimum Gasteiger partial charge on any atom is -0.0880 e. The Labute approximate surface area is 91.6 Å². The molecule has 0 saturated heterocycles. The largest absolute Gasteiger partial charge is 0.0880 e. The summed E-state index contributed by atoms with van der Waals surface area (Å²) in [5.41, 5.74) is 0.662. The second kappa shape index (κ2) is 2.63. The highest BCUT2D eigenvalue weighted by Crippen LogP contribution is 2.76. The van der Waals surface area contributed by atoms with Gasteiger partial charge in [-0.1, -0.05) is 55.3 Å². The molecule has 0 N–H and O–H groups in total. The third-order valence-corrected chi connectivity index (χ3v) is 12.7. The molecule has 0 spiro atoms. The predicted octanol–water partition coefficient (Wildman–Crippen LogP) is 4.21. The Morgan fingerprint density at radius 1 is 1.23 bits per heavy atom. The topological polar surface area (TPSA) is 0 Å². The van der Waals surface area contributed by atoms with Crippen LogP contribution in [0, 0.1) is 11.3 Å². The highest BCUT2D eigenvalue weighted by molar-refractivity contribution is 9.10. The van der Waals surface area contributed by atoms with E-state index in [-0.39, 0.29) is 0 Å². The minimum absolute atomic E-state index is 0.573. The molecule has 0 aromatic heterocycles. The molecule has 0 aliphatic heterocycles. The van der Waals surface area contributed by atoms with Crippen LogP contribution in [0.5, 0.6) is 0 Å². The smallest absolute Gasteiger partial charge is 0.0645 e. The molecule has 0 amide bonds. The molecule has 2 fully saturated rings. The average molecular weight is 261 g/mol.